The van der Waals surface area contributed by atoms with E-state index in [-0.39, 0.29) is 10.5 Å². The van der Waals surface area contributed by atoms with E-state index >= 15 is 0 Å². The van der Waals surface area contributed by atoms with Gasteiger partial charge in [0.05, 0.1) is 16.9 Å². The molecule has 0 radical (unpaired) electrons. The van der Waals surface area contributed by atoms with Gasteiger partial charge in [0, 0.05) is 12.6 Å². The number of alkyl halides is 5. The molecule has 0 fully saturated rings. The number of hydrogen-bond donors (Lipinski definition) is 1. The second-order valence-corrected chi connectivity index (χ2v) is 9.57. The number of nitrogens with zero attached hydrogens (tertiary/aromatic N) is 2. The van der Waals surface area contributed by atoms with Crippen LogP contribution in [-0.4, -0.2) is 43.7 Å². The number of nitrogens with one attached hydrogen (secondary N) is 1. The molecule has 188 valence electrons. The lowest BCUT2D eigenvalue weighted by Crippen LogP contribution is -2.61. The molecule has 0 spiro atoms. The molecule has 0 aliphatic carbocycles. The quantitative estimate of drug-likeness (QED) is 0.325. The van der Waals surface area contributed by atoms with Crippen LogP contribution in [0.3, 0.4) is 0 Å². The van der Waals surface area contributed by atoms with Crippen molar-refractivity contribution in [3.63, 3.8) is 0 Å². The summed E-state index contributed by atoms with van der Waals surface area (Å²) in [6, 6.07) is 8.17. The van der Waals surface area contributed by atoms with Gasteiger partial charge in [-0.2, -0.15) is 27.2 Å². The maximum atomic E-state index is 13.4. The first-order valence-electron chi connectivity index (χ1n) is 9.55. The van der Waals surface area contributed by atoms with Gasteiger partial charge < -0.3 is 10.1 Å². The Labute approximate surface area is 196 Å². The number of carbonyl (C=O) groups is 2. The van der Waals surface area contributed by atoms with Crippen molar-refractivity contribution in [3.8, 4) is 11.9 Å². The summed E-state index contributed by atoms with van der Waals surface area (Å²) in [7, 11) is -4.04. The summed E-state index contributed by atoms with van der Waals surface area (Å²) in [5.74, 6) is -4.74. The van der Waals surface area contributed by atoms with E-state index in [0.29, 0.717) is 13.0 Å². The molecule has 0 aliphatic heterocycles. The molecule has 2 amide bonds. The minimum atomic E-state index is -4.98. The van der Waals surface area contributed by atoms with E-state index in [9.17, 15) is 40.0 Å². The third-order valence-electron chi connectivity index (χ3n) is 4.85. The first kappa shape index (κ1) is 27.5. The van der Waals surface area contributed by atoms with Gasteiger partial charge in [0.15, 0.2) is 16.0 Å². The smallest absolute Gasteiger partial charge is 0.417 e. The Morgan fingerprint density at radius 1 is 1.11 bits per heavy atom. The monoisotopic (exact) mass is 519 g/mol. The van der Waals surface area contributed by atoms with E-state index in [2.05, 4.69) is 4.74 Å². The van der Waals surface area contributed by atoms with Crippen molar-refractivity contribution in [2.75, 3.05) is 7.05 Å². The van der Waals surface area contributed by atoms with Crippen LogP contribution >= 0.6 is 0 Å². The van der Waals surface area contributed by atoms with Crippen molar-refractivity contribution in [1.29, 1.82) is 5.26 Å². The number of para-hydroxylation sites is 1. The number of rotatable bonds is 8. The fraction of sp³-hybridized carbons (Fsp3) is 0.286. The second kappa shape index (κ2) is 10.3. The lowest BCUT2D eigenvalue weighted by molar-refractivity contribution is -0.137. The van der Waals surface area contributed by atoms with Crippen molar-refractivity contribution < 1.29 is 44.7 Å². The molecule has 35 heavy (non-hydrogen) atoms. The summed E-state index contributed by atoms with van der Waals surface area (Å²) < 4.78 is 96.5. The van der Waals surface area contributed by atoms with E-state index in [4.69, 9.17) is 5.26 Å². The van der Waals surface area contributed by atoms with Crippen LogP contribution in [0.1, 0.15) is 28.4 Å². The average molecular weight is 519 g/mol. The standard InChI is InChI=1S/C21H18F5N3O5S/c1-20(18(31)29(2)12-27,28-17(30)14-8-4-5-9-15(14)21(24,25)26)35(32,33)11-13-7-3-6-10-16(13)34-19(22)23/h3-10,19H,11H2,1-2H3,(H,28,30)/t20-/m1/s1. The molecule has 0 bridgehead atoms. The highest BCUT2D eigenvalue weighted by molar-refractivity contribution is 7.92. The molecule has 2 aromatic carbocycles. The van der Waals surface area contributed by atoms with E-state index in [0.717, 1.165) is 37.4 Å². The molecule has 0 aromatic heterocycles. The highest BCUT2D eigenvalue weighted by Gasteiger charge is 2.50. The number of ether oxygens (including phenoxy) is 1. The zero-order chi connectivity index (χ0) is 26.6. The Bertz CT molecular complexity index is 1260. The van der Waals surface area contributed by atoms with Crippen molar-refractivity contribution in [1.82, 2.24) is 10.2 Å². The van der Waals surface area contributed by atoms with E-state index < -0.39 is 61.9 Å². The van der Waals surface area contributed by atoms with Gasteiger partial charge in [-0.1, -0.05) is 30.3 Å². The maximum absolute atomic E-state index is 13.4. The number of sulfone groups is 1. The molecule has 0 saturated carbocycles. The predicted octanol–water partition coefficient (Wildman–Crippen LogP) is 3.31. The normalized spacial score (nSPS) is 13.5. The Kier molecular flexibility index (Phi) is 8.07. The highest BCUT2D eigenvalue weighted by atomic mass is 32.2. The fourth-order valence-corrected chi connectivity index (χ4v) is 4.61. The molecule has 0 unspecified atom stereocenters. The lowest BCUT2D eigenvalue weighted by atomic mass is 10.1. The number of hydrogen-bond acceptors (Lipinski definition) is 6. The zero-order valence-corrected chi connectivity index (χ0v) is 19.0. The van der Waals surface area contributed by atoms with Gasteiger partial charge in [-0.05, 0) is 25.1 Å². The zero-order valence-electron chi connectivity index (χ0n) is 18.1. The number of benzene rings is 2. The van der Waals surface area contributed by atoms with Crippen LogP contribution < -0.4 is 10.1 Å². The summed E-state index contributed by atoms with van der Waals surface area (Å²) in [6.45, 7) is -2.63. The number of likely N-dealkylation sites (N-methyl/N-ethyl adjacent to an activating group) is 1. The second-order valence-electron chi connectivity index (χ2n) is 7.24. The van der Waals surface area contributed by atoms with Crippen molar-refractivity contribution in [2.45, 2.75) is 30.3 Å². The van der Waals surface area contributed by atoms with Crippen LogP contribution in [-0.2, 0) is 26.6 Å². The number of amides is 2. The van der Waals surface area contributed by atoms with Crippen LogP contribution in [0.15, 0.2) is 48.5 Å². The Morgan fingerprint density at radius 3 is 2.26 bits per heavy atom. The summed E-state index contributed by atoms with van der Waals surface area (Å²) in [5.41, 5.74) is -2.69. The van der Waals surface area contributed by atoms with Crippen LogP contribution in [0, 0.1) is 11.5 Å². The van der Waals surface area contributed by atoms with Gasteiger partial charge in [-0.15, -0.1) is 0 Å². The van der Waals surface area contributed by atoms with Gasteiger partial charge in [0.25, 0.3) is 11.8 Å². The van der Waals surface area contributed by atoms with Crippen molar-refractivity contribution in [3.05, 3.63) is 65.2 Å². The third-order valence-corrected chi connectivity index (χ3v) is 7.06. The summed E-state index contributed by atoms with van der Waals surface area (Å²) in [5, 5.41) is 10.9. The van der Waals surface area contributed by atoms with Gasteiger partial charge >= 0.3 is 12.8 Å². The molecule has 1 N–H and O–H groups in total. The van der Waals surface area contributed by atoms with Gasteiger partial charge in [0.1, 0.15) is 5.75 Å². The Balaban J connectivity index is 2.58. The van der Waals surface area contributed by atoms with Gasteiger partial charge in [-0.3, -0.25) is 9.59 Å². The minimum absolute atomic E-state index is 0.259. The Morgan fingerprint density at radius 2 is 1.69 bits per heavy atom. The first-order chi connectivity index (χ1) is 16.1. The molecule has 1 atom stereocenters. The van der Waals surface area contributed by atoms with E-state index in [1.807, 2.05) is 0 Å². The molecule has 2 aromatic rings. The van der Waals surface area contributed by atoms with Crippen molar-refractivity contribution >= 4 is 21.7 Å². The minimum Gasteiger partial charge on any atom is -0.435 e. The third kappa shape index (κ3) is 6.04. The number of nitriles is 1. The predicted molar refractivity (Wildman–Crippen MR) is 111 cm³/mol. The SMILES string of the molecule is CN(C#N)C(=O)[C@](C)(NC(=O)c1ccccc1C(F)(F)F)S(=O)(=O)Cc1ccccc1OC(F)F. The molecule has 0 aliphatic rings. The number of halogens is 5. The Hall–Kier alpha value is -3.73. The summed E-state index contributed by atoms with van der Waals surface area (Å²) in [4.78, 5) is 23.0. The van der Waals surface area contributed by atoms with Gasteiger partial charge in [0.2, 0.25) is 4.87 Å². The van der Waals surface area contributed by atoms with Crippen LogP contribution in [0.5, 0.6) is 5.75 Å². The molecule has 0 saturated heterocycles. The maximum Gasteiger partial charge on any atom is 0.417 e. The van der Waals surface area contributed by atoms with Crippen LogP contribution in [0.2, 0.25) is 0 Å². The summed E-state index contributed by atoms with van der Waals surface area (Å²) in [6.07, 6.45) is -3.63. The van der Waals surface area contributed by atoms with Gasteiger partial charge in [-0.25, -0.2) is 13.3 Å². The van der Waals surface area contributed by atoms with E-state index in [1.54, 1.807) is 5.32 Å². The summed E-state index contributed by atoms with van der Waals surface area (Å²) >= 11 is 0. The topological polar surface area (TPSA) is 117 Å². The average Bonchev–Trinajstić information content (AvgIpc) is 2.78. The van der Waals surface area contributed by atoms with Crippen LogP contribution in [0.4, 0.5) is 22.0 Å². The fourth-order valence-electron chi connectivity index (χ4n) is 3.03. The largest absolute Gasteiger partial charge is 0.435 e. The molecule has 0 heterocycles. The molecular weight excluding hydrogens is 501 g/mol. The molecule has 14 heteroatoms. The first-order valence-corrected chi connectivity index (χ1v) is 11.2. The van der Waals surface area contributed by atoms with E-state index in [1.165, 1.54) is 18.3 Å². The highest BCUT2D eigenvalue weighted by Crippen LogP contribution is 2.33. The van der Waals surface area contributed by atoms with Crippen molar-refractivity contribution in [2.24, 2.45) is 0 Å². The number of carbonyl (C=O) groups excluding carboxylic acids is 2. The molecule has 2 rings (SSSR count). The van der Waals surface area contributed by atoms with Crippen LogP contribution in [0.25, 0.3) is 0 Å². The molecule has 8 nitrogen and oxygen atoms in total. The molecular formula is C21H18F5N3O5S. The lowest BCUT2D eigenvalue weighted by Gasteiger charge is -2.31.